The molecular formula is C20H27ClIN5O3. The molecule has 164 valence electrons. The topological polar surface area (TPSA) is 92.9 Å². The van der Waals surface area contributed by atoms with Gasteiger partial charge in [0.25, 0.3) is 0 Å². The van der Waals surface area contributed by atoms with Gasteiger partial charge in [-0.05, 0) is 25.0 Å². The summed E-state index contributed by atoms with van der Waals surface area (Å²) in [4.78, 5) is 23.1. The fourth-order valence-electron chi connectivity index (χ4n) is 3.38. The highest BCUT2D eigenvalue weighted by Gasteiger charge is 2.36. The molecule has 1 fully saturated rings. The Morgan fingerprint density at radius 2 is 2.23 bits per heavy atom. The van der Waals surface area contributed by atoms with Crippen LogP contribution in [0.25, 0.3) is 11.4 Å². The molecule has 8 nitrogen and oxygen atoms in total. The second-order valence-corrected chi connectivity index (χ2v) is 7.46. The number of rotatable bonds is 6. The quantitative estimate of drug-likeness (QED) is 0.257. The Morgan fingerprint density at radius 1 is 1.43 bits per heavy atom. The number of hydrogen-bond donors (Lipinski definition) is 1. The van der Waals surface area contributed by atoms with Gasteiger partial charge in [0, 0.05) is 36.6 Å². The molecule has 3 rings (SSSR count). The number of benzene rings is 1. The second kappa shape index (κ2) is 11.5. The molecule has 1 aromatic carbocycles. The van der Waals surface area contributed by atoms with Crippen LogP contribution in [0.1, 0.15) is 19.7 Å². The Morgan fingerprint density at radius 3 is 2.93 bits per heavy atom. The average molecular weight is 548 g/mol. The average Bonchev–Trinajstić information content (AvgIpc) is 3.33. The van der Waals surface area contributed by atoms with Crippen molar-refractivity contribution >= 4 is 47.5 Å². The van der Waals surface area contributed by atoms with Gasteiger partial charge in [-0.1, -0.05) is 35.8 Å². The number of methoxy groups -OCH3 is 1. The summed E-state index contributed by atoms with van der Waals surface area (Å²) >= 11 is 6.02. The number of carbonyl (C=O) groups is 1. The Kier molecular flexibility index (Phi) is 9.35. The molecule has 0 radical (unpaired) electrons. The molecule has 10 heteroatoms. The number of esters is 1. The standard InChI is InChI=1S/C20H26ClN5O3.HI/c1-4-22-20(26-11-13(2)16(12-26)19(27)28-3)23-9-8-17-24-18(25-29-17)14-6-5-7-15(21)10-14;/h5-7,10,13,16H,4,8-9,11-12H2,1-3H3,(H,22,23);1H. The molecule has 1 aromatic heterocycles. The number of nitrogens with one attached hydrogen (secondary N) is 1. The number of nitrogens with zero attached hydrogens (tertiary/aromatic N) is 4. The lowest BCUT2D eigenvalue weighted by molar-refractivity contribution is -0.145. The van der Waals surface area contributed by atoms with Gasteiger partial charge in [-0.3, -0.25) is 9.79 Å². The molecule has 2 atom stereocenters. The molecular weight excluding hydrogens is 521 g/mol. The van der Waals surface area contributed by atoms with E-state index in [0.29, 0.717) is 36.2 Å². The van der Waals surface area contributed by atoms with E-state index >= 15 is 0 Å². The van der Waals surface area contributed by atoms with Crippen LogP contribution >= 0.6 is 35.6 Å². The van der Waals surface area contributed by atoms with Gasteiger partial charge < -0.3 is 19.5 Å². The number of guanidine groups is 1. The Labute approximate surface area is 198 Å². The van der Waals surface area contributed by atoms with Crippen molar-refractivity contribution in [2.75, 3.05) is 33.3 Å². The predicted octanol–water partition coefficient (Wildman–Crippen LogP) is 3.26. The molecule has 2 unspecified atom stereocenters. The molecule has 1 N–H and O–H groups in total. The van der Waals surface area contributed by atoms with Crippen molar-refractivity contribution in [3.63, 3.8) is 0 Å². The van der Waals surface area contributed by atoms with Crippen molar-refractivity contribution in [3.05, 3.63) is 35.2 Å². The van der Waals surface area contributed by atoms with Crippen molar-refractivity contribution in [2.24, 2.45) is 16.8 Å². The zero-order valence-electron chi connectivity index (χ0n) is 17.3. The van der Waals surface area contributed by atoms with E-state index in [1.165, 1.54) is 7.11 Å². The molecule has 0 spiro atoms. The van der Waals surface area contributed by atoms with Crippen LogP contribution in [0.15, 0.2) is 33.8 Å². The van der Waals surface area contributed by atoms with E-state index in [1.807, 2.05) is 19.1 Å². The molecule has 1 aliphatic heterocycles. The third-order valence-electron chi connectivity index (χ3n) is 4.89. The number of ether oxygens (including phenoxy) is 1. The van der Waals surface area contributed by atoms with Crippen LogP contribution in [0.5, 0.6) is 0 Å². The van der Waals surface area contributed by atoms with E-state index in [0.717, 1.165) is 24.6 Å². The number of likely N-dealkylation sites (tertiary alicyclic amines) is 1. The van der Waals surface area contributed by atoms with Crippen LogP contribution in [-0.2, 0) is 16.0 Å². The summed E-state index contributed by atoms with van der Waals surface area (Å²) in [7, 11) is 1.43. The van der Waals surface area contributed by atoms with Gasteiger partial charge >= 0.3 is 5.97 Å². The van der Waals surface area contributed by atoms with Gasteiger partial charge in [0.15, 0.2) is 5.96 Å². The summed E-state index contributed by atoms with van der Waals surface area (Å²) in [5.74, 6) is 1.70. The summed E-state index contributed by atoms with van der Waals surface area (Å²) in [6, 6.07) is 7.32. The first kappa shape index (κ1) is 24.4. The van der Waals surface area contributed by atoms with E-state index in [9.17, 15) is 4.79 Å². The van der Waals surface area contributed by atoms with Crippen molar-refractivity contribution in [2.45, 2.75) is 20.3 Å². The van der Waals surface area contributed by atoms with Crippen LogP contribution < -0.4 is 5.32 Å². The van der Waals surface area contributed by atoms with Gasteiger partial charge in [0.2, 0.25) is 11.7 Å². The zero-order valence-corrected chi connectivity index (χ0v) is 20.4. The van der Waals surface area contributed by atoms with E-state index in [4.69, 9.17) is 20.9 Å². The third-order valence-corrected chi connectivity index (χ3v) is 5.12. The first-order valence-corrected chi connectivity index (χ1v) is 10.1. The van der Waals surface area contributed by atoms with Crippen LogP contribution in [0, 0.1) is 11.8 Å². The summed E-state index contributed by atoms with van der Waals surface area (Å²) in [6.07, 6.45) is 0.520. The smallest absolute Gasteiger partial charge is 0.310 e. The third kappa shape index (κ3) is 6.07. The maximum Gasteiger partial charge on any atom is 0.310 e. The monoisotopic (exact) mass is 547 g/mol. The molecule has 0 saturated carbocycles. The zero-order chi connectivity index (χ0) is 20.8. The summed E-state index contributed by atoms with van der Waals surface area (Å²) in [6.45, 7) is 6.66. The van der Waals surface area contributed by atoms with Gasteiger partial charge in [-0.25, -0.2) is 0 Å². The van der Waals surface area contributed by atoms with Crippen molar-refractivity contribution < 1.29 is 14.1 Å². The lowest BCUT2D eigenvalue weighted by Crippen LogP contribution is -2.40. The maximum absolute atomic E-state index is 11.9. The maximum atomic E-state index is 11.9. The van der Waals surface area contributed by atoms with E-state index in [-0.39, 0.29) is 41.8 Å². The van der Waals surface area contributed by atoms with Gasteiger partial charge in [-0.15, -0.1) is 24.0 Å². The van der Waals surface area contributed by atoms with Crippen LogP contribution in [0.2, 0.25) is 5.02 Å². The first-order valence-electron chi connectivity index (χ1n) is 9.71. The minimum Gasteiger partial charge on any atom is -0.469 e. The van der Waals surface area contributed by atoms with E-state index < -0.39 is 0 Å². The van der Waals surface area contributed by atoms with Crippen molar-refractivity contribution in [1.82, 2.24) is 20.4 Å². The summed E-state index contributed by atoms with van der Waals surface area (Å²) in [5, 5.41) is 7.93. The number of aliphatic imine (C=N–C) groups is 1. The lowest BCUT2D eigenvalue weighted by atomic mass is 9.99. The summed E-state index contributed by atoms with van der Waals surface area (Å²) in [5.41, 5.74) is 0.809. The van der Waals surface area contributed by atoms with E-state index in [2.05, 4.69) is 32.3 Å². The lowest BCUT2D eigenvalue weighted by Gasteiger charge is -2.21. The Balaban J connectivity index is 0.00000320. The highest BCUT2D eigenvalue weighted by Crippen LogP contribution is 2.24. The van der Waals surface area contributed by atoms with Crippen molar-refractivity contribution in [1.29, 1.82) is 0 Å². The molecule has 0 amide bonds. The molecule has 30 heavy (non-hydrogen) atoms. The number of carbonyl (C=O) groups excluding carboxylic acids is 1. The molecule has 1 saturated heterocycles. The van der Waals surface area contributed by atoms with Crippen LogP contribution in [-0.4, -0.2) is 60.3 Å². The Bertz CT molecular complexity index is 876. The largest absolute Gasteiger partial charge is 0.469 e. The van der Waals surface area contributed by atoms with Gasteiger partial charge in [-0.2, -0.15) is 4.98 Å². The predicted molar refractivity (Wildman–Crippen MR) is 126 cm³/mol. The molecule has 1 aliphatic rings. The normalized spacial score (nSPS) is 18.8. The minimum absolute atomic E-state index is 0. The number of hydrogen-bond acceptors (Lipinski definition) is 6. The molecule has 0 aliphatic carbocycles. The fraction of sp³-hybridized carbons (Fsp3) is 0.500. The second-order valence-electron chi connectivity index (χ2n) is 7.02. The molecule has 2 aromatic rings. The fourth-order valence-corrected chi connectivity index (χ4v) is 3.57. The number of halogens is 2. The number of aromatic nitrogens is 2. The van der Waals surface area contributed by atoms with Crippen LogP contribution in [0.4, 0.5) is 0 Å². The molecule has 2 heterocycles. The van der Waals surface area contributed by atoms with Crippen molar-refractivity contribution in [3.8, 4) is 11.4 Å². The Hall–Kier alpha value is -1.88. The first-order chi connectivity index (χ1) is 14.0. The van der Waals surface area contributed by atoms with Gasteiger partial charge in [0.1, 0.15) is 0 Å². The van der Waals surface area contributed by atoms with E-state index in [1.54, 1.807) is 12.1 Å². The van der Waals surface area contributed by atoms with Gasteiger partial charge in [0.05, 0.1) is 19.6 Å². The minimum atomic E-state index is -0.171. The van der Waals surface area contributed by atoms with Crippen LogP contribution in [0.3, 0.4) is 0 Å². The highest BCUT2D eigenvalue weighted by atomic mass is 127. The SMILES string of the molecule is CCNC(=NCCc1nc(-c2cccc(Cl)c2)no1)N1CC(C)C(C(=O)OC)C1.I. The molecule has 0 bridgehead atoms. The highest BCUT2D eigenvalue weighted by molar-refractivity contribution is 14.0. The summed E-state index contributed by atoms with van der Waals surface area (Å²) < 4.78 is 10.3.